The molecule has 38 heavy (non-hydrogen) atoms. The van der Waals surface area contributed by atoms with Gasteiger partial charge in [0.15, 0.2) is 0 Å². The number of aliphatic imine (C=N–C) groups is 1. The molecule has 3 rings (SSSR count). The highest BCUT2D eigenvalue weighted by Crippen LogP contribution is 2.38. The third-order valence-corrected chi connectivity index (χ3v) is 6.36. The van der Waals surface area contributed by atoms with Gasteiger partial charge >= 0.3 is 0 Å². The summed E-state index contributed by atoms with van der Waals surface area (Å²) in [4.78, 5) is 26.3. The molecule has 0 saturated heterocycles. The molecule has 0 saturated carbocycles. The summed E-state index contributed by atoms with van der Waals surface area (Å²) in [6.07, 6.45) is 6.14. The zero-order chi connectivity index (χ0) is 28.1. The van der Waals surface area contributed by atoms with E-state index in [-0.39, 0.29) is 16.2 Å². The number of imidazole rings is 1. The lowest BCUT2D eigenvalue weighted by Gasteiger charge is -2.19. The lowest BCUT2D eigenvalue weighted by atomic mass is 10.2. The average Bonchev–Trinajstić information content (AvgIpc) is 3.28. The Hall–Kier alpha value is -3.51. The number of rotatable bonds is 10. The molecule has 3 aromatic heterocycles. The van der Waals surface area contributed by atoms with Crippen LogP contribution in [0.25, 0.3) is 11.3 Å². The molecule has 0 aliphatic heterocycles. The second-order valence-electron chi connectivity index (χ2n) is 9.56. The van der Waals surface area contributed by atoms with Crippen molar-refractivity contribution >= 4 is 34.7 Å². The minimum atomic E-state index is -3.50. The minimum Gasteiger partial charge on any atom is -0.495 e. The summed E-state index contributed by atoms with van der Waals surface area (Å²) < 4.78 is 34.7. The number of nitrogens with zero attached hydrogens (tertiary/aromatic N) is 4. The number of carbonyl (C=O) groups excluding carboxylic acids is 1. The normalized spacial score (nSPS) is 14.0. The first-order chi connectivity index (χ1) is 17.8. The number of alkyl halides is 2. The van der Waals surface area contributed by atoms with E-state index < -0.39 is 31.0 Å². The number of fused-ring (bicyclic) bond motifs is 1. The summed E-state index contributed by atoms with van der Waals surface area (Å²) in [6.45, 7) is 5.42. The molecule has 3 heterocycles. The number of hydrogen-bond acceptors (Lipinski definition) is 8. The van der Waals surface area contributed by atoms with Gasteiger partial charge in [0.05, 0.1) is 41.3 Å². The van der Waals surface area contributed by atoms with E-state index in [1.165, 1.54) is 12.3 Å². The number of methoxy groups -OCH3 is 1. The molecule has 0 fully saturated rings. The second kappa shape index (κ2) is 11.9. The fourth-order valence-electron chi connectivity index (χ4n) is 3.40. The largest absolute Gasteiger partial charge is 0.495 e. The predicted molar refractivity (Wildman–Crippen MR) is 145 cm³/mol. The smallest absolute Gasteiger partial charge is 0.289 e. The van der Waals surface area contributed by atoms with Crippen LogP contribution in [0.5, 0.6) is 5.75 Å². The van der Waals surface area contributed by atoms with E-state index in [0.29, 0.717) is 22.8 Å². The number of aliphatic hydroxyl groups is 1. The van der Waals surface area contributed by atoms with E-state index in [1.807, 2.05) is 6.20 Å². The standard InChI is InChI=1S/C26H32F2N6O3S/c1-16(18-8-6-7-9-30-18)33-24(36)19(32-14-26(27,28)15-35)10-17(29)20-12-31-23-11-21(37-5)22(13-34(20)23)38-25(2,3)4/h6-13,16,35H,14-15,29H2,1-5H3,(H,33,36)/t16-/m1/s1. The number of amides is 1. The van der Waals surface area contributed by atoms with Crippen molar-refractivity contribution in [3.8, 4) is 5.75 Å². The summed E-state index contributed by atoms with van der Waals surface area (Å²) in [7, 11) is 1.58. The number of halogens is 2. The van der Waals surface area contributed by atoms with Crippen LogP contribution in [0, 0.1) is 0 Å². The Bertz CT molecular complexity index is 1340. The molecular weight excluding hydrogens is 514 g/mol. The summed E-state index contributed by atoms with van der Waals surface area (Å²) in [5, 5.41) is 11.7. The van der Waals surface area contributed by atoms with Crippen molar-refractivity contribution in [1.29, 1.82) is 0 Å². The molecular formula is C26H32F2N6O3S. The summed E-state index contributed by atoms with van der Waals surface area (Å²) >= 11 is 1.59. The highest BCUT2D eigenvalue weighted by Gasteiger charge is 2.28. The molecule has 0 radical (unpaired) electrons. The summed E-state index contributed by atoms with van der Waals surface area (Å²) in [5.74, 6) is -3.58. The van der Waals surface area contributed by atoms with Crippen LogP contribution in [0.3, 0.4) is 0 Å². The van der Waals surface area contributed by atoms with Crippen molar-refractivity contribution < 1.29 is 23.4 Å². The number of nitrogens with one attached hydrogen (secondary N) is 1. The van der Waals surface area contributed by atoms with Gasteiger partial charge < -0.3 is 20.9 Å². The number of ether oxygens (including phenoxy) is 1. The molecule has 0 aliphatic rings. The van der Waals surface area contributed by atoms with E-state index in [9.17, 15) is 13.6 Å². The Labute approximate surface area is 224 Å². The molecule has 0 spiro atoms. The Balaban J connectivity index is 2.01. The molecule has 0 unspecified atom stereocenters. The van der Waals surface area contributed by atoms with Gasteiger partial charge in [-0.25, -0.2) is 13.8 Å². The van der Waals surface area contributed by atoms with Gasteiger partial charge in [0.1, 0.15) is 30.3 Å². The van der Waals surface area contributed by atoms with Crippen molar-refractivity contribution in [2.75, 3.05) is 20.3 Å². The van der Waals surface area contributed by atoms with Crippen LogP contribution in [-0.4, -0.2) is 62.0 Å². The zero-order valence-corrected chi connectivity index (χ0v) is 22.7. The summed E-state index contributed by atoms with van der Waals surface area (Å²) in [6, 6.07) is 6.48. The second-order valence-corrected chi connectivity index (χ2v) is 11.4. The molecule has 12 heteroatoms. The topological polar surface area (TPSA) is 127 Å². The zero-order valence-electron chi connectivity index (χ0n) is 21.9. The molecule has 0 bridgehead atoms. The third-order valence-electron chi connectivity index (χ3n) is 5.22. The highest BCUT2D eigenvalue weighted by atomic mass is 32.2. The maximum Gasteiger partial charge on any atom is 0.289 e. The van der Waals surface area contributed by atoms with Gasteiger partial charge in [-0.1, -0.05) is 26.8 Å². The Morgan fingerprint density at radius 2 is 2.08 bits per heavy atom. The van der Waals surface area contributed by atoms with Gasteiger partial charge in [0.25, 0.3) is 11.8 Å². The van der Waals surface area contributed by atoms with Gasteiger partial charge in [-0.2, -0.15) is 0 Å². The van der Waals surface area contributed by atoms with Crippen molar-refractivity contribution in [3.05, 3.63) is 60.3 Å². The fourth-order valence-corrected chi connectivity index (χ4v) is 4.46. The number of aliphatic hydroxyl groups excluding tert-OH is 1. The first-order valence-corrected chi connectivity index (χ1v) is 12.6. The number of thioether (sulfide) groups is 1. The Kier molecular flexibility index (Phi) is 9.10. The molecule has 4 N–H and O–H groups in total. The first-order valence-electron chi connectivity index (χ1n) is 11.8. The van der Waals surface area contributed by atoms with Crippen LogP contribution in [-0.2, 0) is 4.79 Å². The number of carbonyl (C=O) groups is 1. The SMILES string of the molecule is COc1cc2ncc(C(N)=CC(=NCC(F)(F)CO)C(=O)N[C@H](C)c3ccccn3)n2cc1SC(C)(C)C. The van der Waals surface area contributed by atoms with Crippen LogP contribution < -0.4 is 15.8 Å². The van der Waals surface area contributed by atoms with Crippen LogP contribution >= 0.6 is 11.8 Å². The molecule has 3 aromatic rings. The van der Waals surface area contributed by atoms with Crippen LogP contribution in [0.15, 0.2) is 58.8 Å². The molecule has 9 nitrogen and oxygen atoms in total. The molecule has 0 aliphatic carbocycles. The van der Waals surface area contributed by atoms with E-state index in [2.05, 4.69) is 41.0 Å². The first kappa shape index (κ1) is 29.1. The van der Waals surface area contributed by atoms with Gasteiger partial charge in [-0.15, -0.1) is 11.8 Å². The summed E-state index contributed by atoms with van der Waals surface area (Å²) in [5.41, 5.74) is 7.68. The number of aromatic nitrogens is 3. The maximum absolute atomic E-state index is 13.8. The number of hydrogen-bond donors (Lipinski definition) is 3. The van der Waals surface area contributed by atoms with Gasteiger partial charge in [0, 0.05) is 23.2 Å². The van der Waals surface area contributed by atoms with E-state index in [4.69, 9.17) is 15.6 Å². The van der Waals surface area contributed by atoms with E-state index in [1.54, 1.807) is 60.7 Å². The van der Waals surface area contributed by atoms with Gasteiger partial charge in [-0.05, 0) is 25.1 Å². The van der Waals surface area contributed by atoms with E-state index in [0.717, 1.165) is 4.90 Å². The van der Waals surface area contributed by atoms with Crippen LogP contribution in [0.2, 0.25) is 0 Å². The third kappa shape index (κ3) is 7.51. The molecule has 204 valence electrons. The molecule has 1 atom stereocenters. The Morgan fingerprint density at radius 3 is 2.68 bits per heavy atom. The van der Waals surface area contributed by atoms with Crippen molar-refractivity contribution in [3.63, 3.8) is 0 Å². The predicted octanol–water partition coefficient (Wildman–Crippen LogP) is 3.87. The van der Waals surface area contributed by atoms with Crippen LogP contribution in [0.1, 0.15) is 45.1 Å². The van der Waals surface area contributed by atoms with Gasteiger partial charge in [0.2, 0.25) is 0 Å². The van der Waals surface area contributed by atoms with E-state index >= 15 is 0 Å². The molecule has 1 amide bonds. The average molecular weight is 547 g/mol. The van der Waals surface area contributed by atoms with Gasteiger partial charge in [-0.3, -0.25) is 19.2 Å². The molecule has 0 aromatic carbocycles. The maximum atomic E-state index is 13.8. The lowest BCUT2D eigenvalue weighted by Crippen LogP contribution is -2.34. The van der Waals surface area contributed by atoms with Crippen LogP contribution in [0.4, 0.5) is 8.78 Å². The lowest BCUT2D eigenvalue weighted by molar-refractivity contribution is -0.115. The number of pyridine rings is 2. The Morgan fingerprint density at radius 1 is 1.34 bits per heavy atom. The monoisotopic (exact) mass is 546 g/mol. The van der Waals surface area contributed by atoms with Crippen molar-refractivity contribution in [1.82, 2.24) is 19.7 Å². The van der Waals surface area contributed by atoms with Crippen molar-refractivity contribution in [2.45, 2.75) is 49.3 Å². The fraction of sp³-hybridized carbons (Fsp3) is 0.385. The number of nitrogens with two attached hydrogens (primary N) is 1. The quantitative estimate of drug-likeness (QED) is 0.260. The van der Waals surface area contributed by atoms with Crippen molar-refractivity contribution in [2.24, 2.45) is 10.7 Å². The highest BCUT2D eigenvalue weighted by molar-refractivity contribution is 8.00. The minimum absolute atomic E-state index is 0.0843.